The molecule has 134 valence electrons. The Kier molecular flexibility index (Phi) is 4.89. The van der Waals surface area contributed by atoms with Crippen LogP contribution in [-0.2, 0) is 0 Å². The molecule has 0 spiro atoms. The maximum Gasteiger partial charge on any atom is 0.293 e. The lowest BCUT2D eigenvalue weighted by atomic mass is 10.0. The number of nitro benzene ring substituents is 2. The van der Waals surface area contributed by atoms with Gasteiger partial charge in [-0.1, -0.05) is 30.3 Å². The molecule has 0 fully saturated rings. The summed E-state index contributed by atoms with van der Waals surface area (Å²) >= 11 is 0. The number of nitro groups is 2. The van der Waals surface area contributed by atoms with Crippen molar-refractivity contribution < 1.29 is 14.6 Å². The number of anilines is 2. The molecule has 8 nitrogen and oxygen atoms in total. The number of benzene rings is 3. The second-order valence-corrected chi connectivity index (χ2v) is 5.61. The van der Waals surface area contributed by atoms with E-state index in [1.54, 1.807) is 30.3 Å². The lowest BCUT2D eigenvalue weighted by molar-refractivity contribution is -0.384. The van der Waals surface area contributed by atoms with Crippen LogP contribution in [0.1, 0.15) is 15.9 Å². The van der Waals surface area contributed by atoms with Crippen LogP contribution in [0.4, 0.5) is 22.7 Å². The highest BCUT2D eigenvalue weighted by Crippen LogP contribution is 2.30. The van der Waals surface area contributed by atoms with E-state index in [-0.39, 0.29) is 28.4 Å². The van der Waals surface area contributed by atoms with Crippen LogP contribution in [-0.4, -0.2) is 15.6 Å². The second kappa shape index (κ2) is 7.44. The van der Waals surface area contributed by atoms with Gasteiger partial charge in [-0.3, -0.25) is 25.0 Å². The molecule has 0 saturated carbocycles. The number of carbonyl (C=O) groups is 1. The fraction of sp³-hybridized carbons (Fsp3) is 0. The first-order chi connectivity index (χ1) is 13.0. The van der Waals surface area contributed by atoms with Gasteiger partial charge < -0.3 is 5.32 Å². The Morgan fingerprint density at radius 1 is 0.778 bits per heavy atom. The third-order valence-corrected chi connectivity index (χ3v) is 3.85. The maximum atomic E-state index is 12.5. The smallest absolute Gasteiger partial charge is 0.293 e. The Labute approximate surface area is 153 Å². The number of ketones is 1. The Hall–Kier alpha value is -4.07. The van der Waals surface area contributed by atoms with Crippen LogP contribution in [0.5, 0.6) is 0 Å². The van der Waals surface area contributed by atoms with Gasteiger partial charge in [-0.05, 0) is 24.3 Å². The summed E-state index contributed by atoms with van der Waals surface area (Å²) in [4.78, 5) is 33.5. The van der Waals surface area contributed by atoms with Crippen LogP contribution >= 0.6 is 0 Å². The van der Waals surface area contributed by atoms with Gasteiger partial charge in [0, 0.05) is 35.0 Å². The van der Waals surface area contributed by atoms with Crippen molar-refractivity contribution >= 4 is 28.5 Å². The summed E-state index contributed by atoms with van der Waals surface area (Å²) in [7, 11) is 0. The van der Waals surface area contributed by atoms with Crippen LogP contribution in [0.15, 0.2) is 72.8 Å². The highest BCUT2D eigenvalue weighted by atomic mass is 16.6. The van der Waals surface area contributed by atoms with Crippen molar-refractivity contribution in [2.75, 3.05) is 5.32 Å². The van der Waals surface area contributed by atoms with Crippen LogP contribution < -0.4 is 5.32 Å². The molecule has 8 heteroatoms. The number of non-ortho nitro benzene ring substituents is 1. The van der Waals surface area contributed by atoms with E-state index in [2.05, 4.69) is 5.32 Å². The molecule has 3 rings (SSSR count). The maximum absolute atomic E-state index is 12.5. The van der Waals surface area contributed by atoms with E-state index in [1.807, 2.05) is 0 Å². The SMILES string of the molecule is O=C(c1ccccc1)c1ccc(Nc2ccc([N+](=O)[O-])cc2)c([N+](=O)[O-])c1. The van der Waals surface area contributed by atoms with E-state index in [0.29, 0.717) is 11.3 Å². The first-order valence-electron chi connectivity index (χ1n) is 7.85. The highest BCUT2D eigenvalue weighted by molar-refractivity contribution is 6.09. The van der Waals surface area contributed by atoms with Crippen molar-refractivity contribution in [3.63, 3.8) is 0 Å². The van der Waals surface area contributed by atoms with Crippen molar-refractivity contribution in [1.29, 1.82) is 0 Å². The van der Waals surface area contributed by atoms with E-state index in [1.165, 1.54) is 42.5 Å². The van der Waals surface area contributed by atoms with Gasteiger partial charge in [0.25, 0.3) is 11.4 Å². The molecule has 0 heterocycles. The normalized spacial score (nSPS) is 10.2. The van der Waals surface area contributed by atoms with Gasteiger partial charge in [-0.2, -0.15) is 0 Å². The van der Waals surface area contributed by atoms with Crippen molar-refractivity contribution in [2.24, 2.45) is 0 Å². The van der Waals surface area contributed by atoms with Gasteiger partial charge in [-0.15, -0.1) is 0 Å². The van der Waals surface area contributed by atoms with Gasteiger partial charge >= 0.3 is 0 Å². The standard InChI is InChI=1S/C19H13N3O5/c23-19(13-4-2-1-3-5-13)14-6-11-17(18(12-14)22(26)27)20-15-7-9-16(10-8-15)21(24)25/h1-12,20H. The fourth-order valence-corrected chi connectivity index (χ4v) is 2.51. The quantitative estimate of drug-likeness (QED) is 0.392. The minimum Gasteiger partial charge on any atom is -0.350 e. The van der Waals surface area contributed by atoms with Gasteiger partial charge in [0.2, 0.25) is 0 Å². The van der Waals surface area contributed by atoms with E-state index >= 15 is 0 Å². The van der Waals surface area contributed by atoms with Gasteiger partial charge in [0.1, 0.15) is 5.69 Å². The molecule has 0 radical (unpaired) electrons. The van der Waals surface area contributed by atoms with E-state index in [4.69, 9.17) is 0 Å². The first-order valence-corrected chi connectivity index (χ1v) is 7.85. The zero-order chi connectivity index (χ0) is 19.4. The summed E-state index contributed by atoms with van der Waals surface area (Å²) < 4.78 is 0. The summed E-state index contributed by atoms with van der Waals surface area (Å²) in [5, 5.41) is 25.0. The summed E-state index contributed by atoms with van der Waals surface area (Å²) in [6, 6.07) is 18.1. The molecule has 0 aliphatic carbocycles. The topological polar surface area (TPSA) is 115 Å². The minimum atomic E-state index is -0.588. The third-order valence-electron chi connectivity index (χ3n) is 3.85. The lowest BCUT2D eigenvalue weighted by Gasteiger charge is -2.08. The predicted molar refractivity (Wildman–Crippen MR) is 99.4 cm³/mol. The average molecular weight is 363 g/mol. The molecule has 0 bridgehead atoms. The summed E-state index contributed by atoms with van der Waals surface area (Å²) in [6.07, 6.45) is 0. The number of nitrogens with zero attached hydrogens (tertiary/aromatic N) is 2. The van der Waals surface area contributed by atoms with Gasteiger partial charge in [0.15, 0.2) is 5.78 Å². The zero-order valence-corrected chi connectivity index (χ0v) is 13.9. The molecular formula is C19H13N3O5. The molecule has 0 aliphatic heterocycles. The molecule has 3 aromatic carbocycles. The average Bonchev–Trinajstić information content (AvgIpc) is 2.68. The zero-order valence-electron chi connectivity index (χ0n) is 13.9. The summed E-state index contributed by atoms with van der Waals surface area (Å²) in [5.74, 6) is -0.319. The van der Waals surface area contributed by atoms with E-state index in [9.17, 15) is 25.0 Å². The summed E-state index contributed by atoms with van der Waals surface area (Å²) in [5.41, 5.74) is 0.906. The first kappa shape index (κ1) is 17.7. The molecule has 0 saturated heterocycles. The van der Waals surface area contributed by atoms with Crippen LogP contribution in [0, 0.1) is 20.2 Å². The summed E-state index contributed by atoms with van der Waals surface area (Å²) in [6.45, 7) is 0. The van der Waals surface area contributed by atoms with Crippen molar-refractivity contribution in [3.05, 3.63) is 104 Å². The molecule has 0 aliphatic rings. The Bertz CT molecular complexity index is 1020. The molecule has 1 N–H and O–H groups in total. The number of carbonyl (C=O) groups excluding carboxylic acids is 1. The Balaban J connectivity index is 1.91. The molecule has 0 amide bonds. The monoisotopic (exact) mass is 363 g/mol. The number of hydrogen-bond acceptors (Lipinski definition) is 6. The fourth-order valence-electron chi connectivity index (χ4n) is 2.51. The van der Waals surface area contributed by atoms with E-state index in [0.717, 1.165) is 0 Å². The second-order valence-electron chi connectivity index (χ2n) is 5.61. The van der Waals surface area contributed by atoms with Crippen LogP contribution in [0.2, 0.25) is 0 Å². The molecular weight excluding hydrogens is 350 g/mol. The number of nitrogens with one attached hydrogen (secondary N) is 1. The van der Waals surface area contributed by atoms with Crippen molar-refractivity contribution in [2.45, 2.75) is 0 Å². The minimum absolute atomic E-state index is 0.0844. The highest BCUT2D eigenvalue weighted by Gasteiger charge is 2.19. The number of rotatable bonds is 6. The lowest BCUT2D eigenvalue weighted by Crippen LogP contribution is -2.04. The largest absolute Gasteiger partial charge is 0.350 e. The van der Waals surface area contributed by atoms with Crippen molar-refractivity contribution in [3.8, 4) is 0 Å². The van der Waals surface area contributed by atoms with Crippen LogP contribution in [0.25, 0.3) is 0 Å². The Morgan fingerprint density at radius 2 is 1.44 bits per heavy atom. The van der Waals surface area contributed by atoms with Crippen molar-refractivity contribution in [1.82, 2.24) is 0 Å². The van der Waals surface area contributed by atoms with Gasteiger partial charge in [-0.25, -0.2) is 0 Å². The molecule has 0 unspecified atom stereocenters. The molecule has 0 aromatic heterocycles. The van der Waals surface area contributed by atoms with Crippen LogP contribution in [0.3, 0.4) is 0 Å². The molecule has 3 aromatic rings. The number of hydrogen-bond donors (Lipinski definition) is 1. The van der Waals surface area contributed by atoms with E-state index < -0.39 is 9.85 Å². The third kappa shape index (κ3) is 3.96. The predicted octanol–water partition coefficient (Wildman–Crippen LogP) is 4.48. The Morgan fingerprint density at radius 3 is 2.04 bits per heavy atom. The van der Waals surface area contributed by atoms with Gasteiger partial charge in [0.05, 0.1) is 9.85 Å². The molecule has 27 heavy (non-hydrogen) atoms. The molecule has 0 atom stereocenters.